The van der Waals surface area contributed by atoms with Gasteiger partial charge in [0.15, 0.2) is 0 Å². The Kier molecular flexibility index (Phi) is 7.99. The molecular weight excluding hydrogens is 466 g/mol. The summed E-state index contributed by atoms with van der Waals surface area (Å²) in [5, 5.41) is 2.49. The van der Waals surface area contributed by atoms with Crippen LogP contribution in [0.25, 0.3) is 5.69 Å². The van der Waals surface area contributed by atoms with E-state index in [0.29, 0.717) is 6.42 Å². The Balaban J connectivity index is 2.19. The van der Waals surface area contributed by atoms with Gasteiger partial charge in [-0.1, -0.05) is 18.8 Å². The number of aromatic nitrogens is 2. The Labute approximate surface area is 196 Å². The van der Waals surface area contributed by atoms with E-state index in [1.807, 2.05) is 0 Å². The molecule has 0 saturated heterocycles. The van der Waals surface area contributed by atoms with Crippen LogP contribution in [0.5, 0.6) is 0 Å². The summed E-state index contributed by atoms with van der Waals surface area (Å²) in [4.78, 5) is 16.9. The largest absolute Gasteiger partial charge is 0.372 e. The van der Waals surface area contributed by atoms with E-state index >= 15 is 8.78 Å². The zero-order valence-corrected chi connectivity index (χ0v) is 19.2. The van der Waals surface area contributed by atoms with Gasteiger partial charge in [0.1, 0.15) is 18.0 Å². The van der Waals surface area contributed by atoms with Crippen LogP contribution in [0, 0.1) is 23.6 Å². The Bertz CT molecular complexity index is 1350. The summed E-state index contributed by atoms with van der Waals surface area (Å²) in [6.45, 7) is 1.74. The molecule has 0 bridgehead atoms. The van der Waals surface area contributed by atoms with Crippen molar-refractivity contribution in [1.29, 1.82) is 0 Å². The summed E-state index contributed by atoms with van der Waals surface area (Å²) < 4.78 is 63.2. The van der Waals surface area contributed by atoms with Gasteiger partial charge in [0, 0.05) is 19.5 Å². The lowest BCUT2D eigenvalue weighted by atomic mass is 10.1. The van der Waals surface area contributed by atoms with E-state index in [1.54, 1.807) is 13.0 Å². The molecule has 0 atom stereocenters. The third kappa shape index (κ3) is 5.78. The Hall–Kier alpha value is -3.75. The van der Waals surface area contributed by atoms with E-state index in [0.717, 1.165) is 16.7 Å². The lowest BCUT2D eigenvalue weighted by molar-refractivity contribution is 0.102. The van der Waals surface area contributed by atoms with Gasteiger partial charge >= 0.3 is 0 Å². The van der Waals surface area contributed by atoms with Crippen molar-refractivity contribution in [3.8, 4) is 17.5 Å². The van der Waals surface area contributed by atoms with Gasteiger partial charge in [0.05, 0.1) is 34.6 Å². The second kappa shape index (κ2) is 10.9. The average Bonchev–Trinajstić information content (AvgIpc) is 3.15. The molecule has 0 unspecified atom stereocenters. The molecule has 11 heteroatoms. The van der Waals surface area contributed by atoms with Gasteiger partial charge in [-0.3, -0.25) is 19.1 Å². The molecule has 2 aromatic heterocycles. The maximum absolute atomic E-state index is 15.3. The van der Waals surface area contributed by atoms with Crippen LogP contribution in [0.15, 0.2) is 48.9 Å². The molecule has 0 saturated carbocycles. The number of sulfonamides is 1. The average molecular weight is 489 g/mol. The number of nitrogens with zero attached hydrogens (tertiary/aromatic N) is 2. The predicted molar refractivity (Wildman–Crippen MR) is 124 cm³/mol. The lowest BCUT2D eigenvalue weighted by Gasteiger charge is -2.18. The van der Waals surface area contributed by atoms with E-state index in [2.05, 4.69) is 26.9 Å². The van der Waals surface area contributed by atoms with Gasteiger partial charge in [-0.15, -0.1) is 0 Å². The Morgan fingerprint density at radius 3 is 2.71 bits per heavy atom. The molecule has 34 heavy (non-hydrogen) atoms. The number of methoxy groups -OCH3 is 1. The molecule has 2 N–H and O–H groups in total. The maximum atomic E-state index is 15.3. The molecule has 0 aliphatic rings. The minimum atomic E-state index is -3.85. The van der Waals surface area contributed by atoms with Gasteiger partial charge in [0.2, 0.25) is 16.0 Å². The Morgan fingerprint density at radius 1 is 1.24 bits per heavy atom. The van der Waals surface area contributed by atoms with Crippen molar-refractivity contribution in [3.63, 3.8) is 0 Å². The highest BCUT2D eigenvalue weighted by Crippen LogP contribution is 2.31. The molecule has 178 valence electrons. The number of hydrogen-bond donors (Lipinski definition) is 2. The van der Waals surface area contributed by atoms with Crippen molar-refractivity contribution >= 4 is 27.3 Å². The molecule has 3 rings (SSSR count). The second-order valence-corrected chi connectivity index (χ2v) is 8.90. The van der Waals surface area contributed by atoms with E-state index in [-0.39, 0.29) is 35.0 Å². The van der Waals surface area contributed by atoms with Gasteiger partial charge < -0.3 is 10.1 Å². The fraction of sp³-hybridized carbons (Fsp3) is 0.217. The molecule has 0 radical (unpaired) electrons. The fourth-order valence-corrected chi connectivity index (χ4v) is 4.25. The maximum Gasteiger partial charge on any atom is 0.260 e. The van der Waals surface area contributed by atoms with Gasteiger partial charge in [-0.2, -0.15) is 4.39 Å². The van der Waals surface area contributed by atoms with Crippen molar-refractivity contribution in [1.82, 2.24) is 9.55 Å². The number of pyridine rings is 1. The molecule has 2 heterocycles. The van der Waals surface area contributed by atoms with E-state index in [4.69, 9.17) is 4.74 Å². The number of nitrogens with one attached hydrogen (secondary N) is 2. The first-order valence-electron chi connectivity index (χ1n) is 10.2. The smallest absolute Gasteiger partial charge is 0.260 e. The Morgan fingerprint density at radius 2 is 2.03 bits per heavy atom. The van der Waals surface area contributed by atoms with Crippen molar-refractivity contribution < 1.29 is 26.7 Å². The number of amides is 1. The summed E-state index contributed by atoms with van der Waals surface area (Å²) in [7, 11) is -2.41. The second-order valence-electron chi connectivity index (χ2n) is 7.06. The number of benzene rings is 1. The van der Waals surface area contributed by atoms with Crippen LogP contribution in [-0.2, 0) is 14.8 Å². The molecule has 8 nitrogen and oxygen atoms in total. The summed E-state index contributed by atoms with van der Waals surface area (Å²) >= 11 is 0. The van der Waals surface area contributed by atoms with Crippen LogP contribution < -0.4 is 10.0 Å². The monoisotopic (exact) mass is 488 g/mol. The quantitative estimate of drug-likeness (QED) is 0.472. The van der Waals surface area contributed by atoms with Crippen LogP contribution in [0.1, 0.15) is 29.3 Å². The lowest BCUT2D eigenvalue weighted by Crippen LogP contribution is -2.22. The van der Waals surface area contributed by atoms with Crippen molar-refractivity contribution in [2.24, 2.45) is 0 Å². The number of halogens is 2. The third-order valence-electron chi connectivity index (χ3n) is 4.52. The highest BCUT2D eigenvalue weighted by atomic mass is 32.2. The molecule has 0 fully saturated rings. The predicted octanol–water partition coefficient (Wildman–Crippen LogP) is 3.55. The van der Waals surface area contributed by atoms with Crippen molar-refractivity contribution in [2.75, 3.05) is 29.5 Å². The van der Waals surface area contributed by atoms with Gasteiger partial charge in [-0.05, 0) is 36.8 Å². The number of carbonyl (C=O) groups excluding carboxylic acids is 1. The summed E-state index contributed by atoms with van der Waals surface area (Å²) in [5.41, 5.74) is -0.821. The summed E-state index contributed by atoms with van der Waals surface area (Å²) in [5.74, 6) is 2.18. The standard InChI is InChI=1S/C23H22F2N4O4S/c1-3-14-34(31,32)28-19-9-8-18(24)20(23(30)27-17-7-4-11-26-15-17)21(19)29-12-10-16(22(29)25)6-5-13-33-2/h4,7-12,15,28H,3,13-14H2,1-2H3,(H,27,30). The van der Waals surface area contributed by atoms with E-state index < -0.39 is 33.3 Å². The zero-order valence-electron chi connectivity index (χ0n) is 18.4. The molecular formula is C23H22F2N4O4S. The molecule has 1 aromatic carbocycles. The molecule has 0 aliphatic heterocycles. The third-order valence-corrected chi connectivity index (χ3v) is 5.99. The number of rotatable bonds is 8. The minimum Gasteiger partial charge on any atom is -0.372 e. The van der Waals surface area contributed by atoms with E-state index in [1.165, 1.54) is 37.8 Å². The SMILES string of the molecule is CCCS(=O)(=O)Nc1ccc(F)c(C(=O)Nc2cccnc2)c1-n1ccc(C#CCOC)c1F. The number of anilines is 2. The van der Waals surface area contributed by atoms with Crippen LogP contribution in [0.2, 0.25) is 0 Å². The van der Waals surface area contributed by atoms with Gasteiger partial charge in [-0.25, -0.2) is 12.8 Å². The van der Waals surface area contributed by atoms with Crippen molar-refractivity contribution in [2.45, 2.75) is 13.3 Å². The van der Waals surface area contributed by atoms with Crippen LogP contribution in [0.4, 0.5) is 20.2 Å². The normalized spacial score (nSPS) is 10.9. The highest BCUT2D eigenvalue weighted by Gasteiger charge is 2.26. The molecule has 3 aromatic rings. The molecule has 1 amide bonds. The summed E-state index contributed by atoms with van der Waals surface area (Å²) in [6, 6.07) is 6.51. The first-order valence-corrected chi connectivity index (χ1v) is 11.8. The highest BCUT2D eigenvalue weighted by molar-refractivity contribution is 7.92. The number of carbonyl (C=O) groups is 1. The fourth-order valence-electron chi connectivity index (χ4n) is 3.12. The number of ether oxygens (including phenoxy) is 1. The summed E-state index contributed by atoms with van der Waals surface area (Å²) in [6.07, 6.45) is 4.39. The number of hydrogen-bond acceptors (Lipinski definition) is 5. The van der Waals surface area contributed by atoms with Crippen molar-refractivity contribution in [3.05, 3.63) is 71.8 Å². The topological polar surface area (TPSA) is 102 Å². The van der Waals surface area contributed by atoms with Crippen LogP contribution in [-0.4, -0.2) is 43.3 Å². The van der Waals surface area contributed by atoms with E-state index in [9.17, 15) is 13.2 Å². The van der Waals surface area contributed by atoms with Crippen LogP contribution >= 0.6 is 0 Å². The first-order chi connectivity index (χ1) is 16.3. The minimum absolute atomic E-state index is 0.0395. The van der Waals surface area contributed by atoms with Gasteiger partial charge in [0.25, 0.3) is 5.91 Å². The molecule has 0 aliphatic carbocycles. The van der Waals surface area contributed by atoms with Crippen LogP contribution in [0.3, 0.4) is 0 Å². The first kappa shape index (κ1) is 24.9. The zero-order chi connectivity index (χ0) is 24.7. The molecule has 0 spiro atoms.